The third-order valence-corrected chi connectivity index (χ3v) is 2.75. The number of esters is 1. The van der Waals surface area contributed by atoms with Crippen LogP contribution < -0.4 is 5.32 Å². The van der Waals surface area contributed by atoms with Gasteiger partial charge in [-0.15, -0.1) is 0 Å². The molecule has 6 heteroatoms. The number of anilines is 1. The number of benzene rings is 2. The fourth-order valence-corrected chi connectivity index (χ4v) is 1.72. The van der Waals surface area contributed by atoms with Crippen molar-refractivity contribution in [1.82, 2.24) is 0 Å². The summed E-state index contributed by atoms with van der Waals surface area (Å²) >= 11 is 0. The lowest BCUT2D eigenvalue weighted by molar-refractivity contribution is 0.0600. The number of nitrogens with one attached hydrogen (secondary N) is 1. The second kappa shape index (κ2) is 6.13. The maximum Gasteiger partial charge on any atom is 0.337 e. The smallest absolute Gasteiger partial charge is 0.337 e. The van der Waals surface area contributed by atoms with Crippen molar-refractivity contribution in [2.75, 3.05) is 12.4 Å². The number of rotatable bonds is 3. The van der Waals surface area contributed by atoms with E-state index >= 15 is 0 Å². The van der Waals surface area contributed by atoms with E-state index in [1.165, 1.54) is 37.4 Å². The molecule has 0 bridgehead atoms. The Morgan fingerprint density at radius 2 is 1.57 bits per heavy atom. The molecule has 4 nitrogen and oxygen atoms in total. The highest BCUT2D eigenvalue weighted by atomic mass is 19.1. The first-order valence-electron chi connectivity index (χ1n) is 5.96. The summed E-state index contributed by atoms with van der Waals surface area (Å²) in [6.07, 6.45) is 0. The lowest BCUT2D eigenvalue weighted by Gasteiger charge is -2.07. The van der Waals surface area contributed by atoms with Crippen molar-refractivity contribution in [1.29, 1.82) is 0 Å². The van der Waals surface area contributed by atoms with Gasteiger partial charge in [0.05, 0.1) is 12.7 Å². The molecule has 1 amide bonds. The Hall–Kier alpha value is -2.76. The van der Waals surface area contributed by atoms with Gasteiger partial charge in [0.1, 0.15) is 17.2 Å². The molecule has 2 rings (SSSR count). The highest BCUT2D eigenvalue weighted by Gasteiger charge is 2.17. The van der Waals surface area contributed by atoms with Crippen LogP contribution in [0, 0.1) is 11.6 Å². The average Bonchev–Trinajstić information content (AvgIpc) is 2.47. The summed E-state index contributed by atoms with van der Waals surface area (Å²) in [6.45, 7) is 0. The SMILES string of the molecule is COC(=O)c1ccc(NC(=O)c2c(F)cccc2F)cc1. The van der Waals surface area contributed by atoms with Gasteiger partial charge in [-0.3, -0.25) is 4.79 Å². The van der Waals surface area contributed by atoms with Crippen molar-refractivity contribution in [3.63, 3.8) is 0 Å². The van der Waals surface area contributed by atoms with Crippen molar-refractivity contribution in [2.24, 2.45) is 0 Å². The van der Waals surface area contributed by atoms with E-state index in [1.54, 1.807) is 0 Å². The molecule has 0 fully saturated rings. The van der Waals surface area contributed by atoms with Crippen LogP contribution in [0.25, 0.3) is 0 Å². The number of methoxy groups -OCH3 is 1. The quantitative estimate of drug-likeness (QED) is 0.884. The van der Waals surface area contributed by atoms with Crippen LogP contribution in [0.2, 0.25) is 0 Å². The molecule has 1 N–H and O–H groups in total. The van der Waals surface area contributed by atoms with Crippen LogP contribution >= 0.6 is 0 Å². The summed E-state index contributed by atoms with van der Waals surface area (Å²) in [7, 11) is 1.25. The summed E-state index contributed by atoms with van der Waals surface area (Å²) in [5, 5.41) is 2.35. The Balaban J connectivity index is 2.18. The third-order valence-electron chi connectivity index (χ3n) is 2.75. The van der Waals surface area contributed by atoms with Gasteiger partial charge in [0, 0.05) is 5.69 Å². The number of carbonyl (C=O) groups is 2. The Morgan fingerprint density at radius 3 is 2.10 bits per heavy atom. The number of halogens is 2. The van der Waals surface area contributed by atoms with E-state index < -0.39 is 29.1 Å². The van der Waals surface area contributed by atoms with Crippen LogP contribution in [0.5, 0.6) is 0 Å². The minimum atomic E-state index is -0.946. The third kappa shape index (κ3) is 3.22. The van der Waals surface area contributed by atoms with Crippen molar-refractivity contribution in [3.8, 4) is 0 Å². The number of amides is 1. The van der Waals surface area contributed by atoms with Gasteiger partial charge in [-0.2, -0.15) is 0 Å². The summed E-state index contributed by atoms with van der Waals surface area (Å²) in [5.74, 6) is -3.32. The van der Waals surface area contributed by atoms with Crippen LogP contribution in [0.1, 0.15) is 20.7 Å². The van der Waals surface area contributed by atoms with Crippen LogP contribution in [0.3, 0.4) is 0 Å². The standard InChI is InChI=1S/C15H11F2NO3/c1-21-15(20)9-5-7-10(8-6-9)18-14(19)13-11(16)3-2-4-12(13)17/h2-8H,1H3,(H,18,19). The molecule has 0 spiro atoms. The maximum atomic E-state index is 13.5. The fourth-order valence-electron chi connectivity index (χ4n) is 1.72. The molecule has 2 aromatic carbocycles. The van der Waals surface area contributed by atoms with Crippen LogP contribution in [0.4, 0.5) is 14.5 Å². The molecule has 0 heterocycles. The first-order chi connectivity index (χ1) is 10.0. The lowest BCUT2D eigenvalue weighted by atomic mass is 10.1. The van der Waals surface area contributed by atoms with Gasteiger partial charge in [-0.05, 0) is 36.4 Å². The molecule has 0 unspecified atom stereocenters. The van der Waals surface area contributed by atoms with E-state index in [1.807, 2.05) is 0 Å². The molecule has 0 aliphatic carbocycles. The van der Waals surface area contributed by atoms with Crippen molar-refractivity contribution >= 4 is 17.6 Å². The van der Waals surface area contributed by atoms with Crippen molar-refractivity contribution in [3.05, 3.63) is 65.2 Å². The zero-order valence-corrected chi connectivity index (χ0v) is 11.0. The second-order valence-corrected chi connectivity index (χ2v) is 4.12. The number of carbonyl (C=O) groups excluding carboxylic acids is 2. The van der Waals surface area contributed by atoms with Crippen LogP contribution in [-0.2, 0) is 4.74 Å². The Kier molecular flexibility index (Phi) is 4.27. The summed E-state index contributed by atoms with van der Waals surface area (Å²) in [6, 6.07) is 8.90. The Bertz CT molecular complexity index is 664. The van der Waals surface area contributed by atoms with Gasteiger partial charge in [-0.1, -0.05) is 6.07 Å². The zero-order chi connectivity index (χ0) is 15.4. The van der Waals surface area contributed by atoms with Gasteiger partial charge >= 0.3 is 5.97 Å². The predicted octanol–water partition coefficient (Wildman–Crippen LogP) is 3.00. The molecule has 21 heavy (non-hydrogen) atoms. The molecule has 0 aliphatic rings. The molecule has 0 aliphatic heterocycles. The monoisotopic (exact) mass is 291 g/mol. The molecule has 0 saturated carbocycles. The summed E-state index contributed by atoms with van der Waals surface area (Å²) in [4.78, 5) is 23.1. The number of hydrogen-bond acceptors (Lipinski definition) is 3. The Morgan fingerprint density at radius 1 is 1.00 bits per heavy atom. The summed E-state index contributed by atoms with van der Waals surface area (Å²) in [5.41, 5.74) is -0.0579. The normalized spacial score (nSPS) is 10.0. The largest absolute Gasteiger partial charge is 0.465 e. The topological polar surface area (TPSA) is 55.4 Å². The number of ether oxygens (including phenoxy) is 1. The van der Waals surface area contributed by atoms with Crippen molar-refractivity contribution in [2.45, 2.75) is 0 Å². The van der Waals surface area contributed by atoms with Gasteiger partial charge < -0.3 is 10.1 Å². The number of hydrogen-bond donors (Lipinski definition) is 1. The molecule has 108 valence electrons. The minimum absolute atomic E-state index is 0.299. The minimum Gasteiger partial charge on any atom is -0.465 e. The van der Waals surface area contributed by atoms with E-state index in [0.29, 0.717) is 11.3 Å². The average molecular weight is 291 g/mol. The van der Waals surface area contributed by atoms with E-state index in [-0.39, 0.29) is 0 Å². The summed E-state index contributed by atoms with van der Waals surface area (Å²) < 4.78 is 31.4. The molecule has 0 radical (unpaired) electrons. The maximum absolute atomic E-state index is 13.5. The predicted molar refractivity (Wildman–Crippen MR) is 72.1 cm³/mol. The van der Waals surface area contributed by atoms with E-state index in [4.69, 9.17) is 0 Å². The fraction of sp³-hybridized carbons (Fsp3) is 0.0667. The molecule has 0 saturated heterocycles. The van der Waals surface area contributed by atoms with Gasteiger partial charge in [0.25, 0.3) is 5.91 Å². The van der Waals surface area contributed by atoms with E-state index in [2.05, 4.69) is 10.1 Å². The lowest BCUT2D eigenvalue weighted by Crippen LogP contribution is -2.15. The molecular weight excluding hydrogens is 280 g/mol. The second-order valence-electron chi connectivity index (χ2n) is 4.12. The van der Waals surface area contributed by atoms with Crippen molar-refractivity contribution < 1.29 is 23.1 Å². The molecule has 0 aromatic heterocycles. The van der Waals surface area contributed by atoms with E-state index in [9.17, 15) is 18.4 Å². The molecular formula is C15H11F2NO3. The Labute approximate surface area is 119 Å². The van der Waals surface area contributed by atoms with Gasteiger partial charge in [0.2, 0.25) is 0 Å². The first-order valence-corrected chi connectivity index (χ1v) is 5.96. The zero-order valence-electron chi connectivity index (χ0n) is 11.0. The van der Waals surface area contributed by atoms with Crippen LogP contribution in [0.15, 0.2) is 42.5 Å². The highest BCUT2D eigenvalue weighted by molar-refractivity contribution is 6.04. The molecule has 2 aromatic rings. The van der Waals surface area contributed by atoms with Gasteiger partial charge in [-0.25, -0.2) is 13.6 Å². The van der Waals surface area contributed by atoms with Gasteiger partial charge in [0.15, 0.2) is 0 Å². The molecule has 0 atom stereocenters. The highest BCUT2D eigenvalue weighted by Crippen LogP contribution is 2.16. The van der Waals surface area contributed by atoms with E-state index in [0.717, 1.165) is 12.1 Å². The first kappa shape index (κ1) is 14.6. The van der Waals surface area contributed by atoms with Crippen LogP contribution in [-0.4, -0.2) is 19.0 Å².